The highest BCUT2D eigenvalue weighted by Crippen LogP contribution is 2.24. The first kappa shape index (κ1) is 11.5. The maximum absolute atomic E-state index is 12.2. The summed E-state index contributed by atoms with van der Waals surface area (Å²) in [7, 11) is 1.69. The Balaban J connectivity index is 2.33. The van der Waals surface area contributed by atoms with Crippen molar-refractivity contribution in [1.29, 1.82) is 0 Å². The molecule has 0 unspecified atom stereocenters. The molecule has 0 spiro atoms. The summed E-state index contributed by atoms with van der Waals surface area (Å²) in [6.45, 7) is 1.76. The van der Waals surface area contributed by atoms with E-state index in [0.29, 0.717) is 21.9 Å². The summed E-state index contributed by atoms with van der Waals surface area (Å²) < 4.78 is 3.75. The van der Waals surface area contributed by atoms with Gasteiger partial charge in [-0.05, 0) is 30.6 Å². The van der Waals surface area contributed by atoms with Crippen LogP contribution in [-0.2, 0) is 0 Å². The fourth-order valence-corrected chi connectivity index (χ4v) is 2.12. The van der Waals surface area contributed by atoms with Gasteiger partial charge in [-0.25, -0.2) is 0 Å². The monoisotopic (exact) mass is 248 g/mol. The van der Waals surface area contributed by atoms with Crippen LogP contribution in [0.4, 0.5) is 11.4 Å². The lowest BCUT2D eigenvalue weighted by molar-refractivity contribution is 0.0996. The Morgan fingerprint density at radius 1 is 1.41 bits per heavy atom. The van der Waals surface area contributed by atoms with Crippen LogP contribution >= 0.6 is 11.5 Å². The molecule has 0 aliphatic heterocycles. The van der Waals surface area contributed by atoms with Gasteiger partial charge in [-0.1, -0.05) is 16.6 Å². The van der Waals surface area contributed by atoms with Crippen molar-refractivity contribution < 1.29 is 4.79 Å². The molecule has 0 saturated carbocycles. The molecular weight excluding hydrogens is 236 g/mol. The average molecular weight is 248 g/mol. The minimum atomic E-state index is -0.143. The van der Waals surface area contributed by atoms with Crippen molar-refractivity contribution in [2.75, 3.05) is 17.7 Å². The minimum absolute atomic E-state index is 0.143. The van der Waals surface area contributed by atoms with Crippen LogP contribution in [0.1, 0.15) is 15.4 Å². The highest BCUT2D eigenvalue weighted by molar-refractivity contribution is 7.08. The lowest BCUT2D eigenvalue weighted by Gasteiger charge is -2.18. The van der Waals surface area contributed by atoms with Crippen LogP contribution in [0.3, 0.4) is 0 Å². The zero-order valence-corrected chi connectivity index (χ0v) is 10.4. The van der Waals surface area contributed by atoms with Crippen LogP contribution in [0.2, 0.25) is 0 Å². The van der Waals surface area contributed by atoms with Gasteiger partial charge in [0.2, 0.25) is 0 Å². The Morgan fingerprint density at radius 2 is 2.12 bits per heavy atom. The largest absolute Gasteiger partial charge is 0.397 e. The second-order valence-electron chi connectivity index (χ2n) is 3.61. The van der Waals surface area contributed by atoms with Crippen LogP contribution in [0.25, 0.3) is 0 Å². The van der Waals surface area contributed by atoms with Gasteiger partial charge in [-0.2, -0.15) is 0 Å². The van der Waals surface area contributed by atoms with E-state index in [1.54, 1.807) is 26.1 Å². The van der Waals surface area contributed by atoms with Crippen LogP contribution in [-0.4, -0.2) is 22.5 Å². The van der Waals surface area contributed by atoms with Crippen molar-refractivity contribution >= 4 is 28.8 Å². The summed E-state index contributed by atoms with van der Waals surface area (Å²) in [6, 6.07) is 7.23. The Kier molecular flexibility index (Phi) is 3.06. The maximum Gasteiger partial charge on any atom is 0.271 e. The Hall–Kier alpha value is -1.95. The molecule has 0 fully saturated rings. The van der Waals surface area contributed by atoms with E-state index in [1.165, 1.54) is 4.90 Å². The van der Waals surface area contributed by atoms with Crippen molar-refractivity contribution in [1.82, 2.24) is 9.59 Å². The zero-order valence-electron chi connectivity index (χ0n) is 9.54. The number of nitrogens with two attached hydrogens (primary N) is 1. The molecule has 0 aliphatic carbocycles. The van der Waals surface area contributed by atoms with Gasteiger partial charge in [0.05, 0.1) is 17.1 Å². The third kappa shape index (κ3) is 2.12. The molecule has 2 aromatic rings. The van der Waals surface area contributed by atoms with E-state index in [2.05, 4.69) is 9.59 Å². The first-order valence-electron chi connectivity index (χ1n) is 5.02. The molecule has 0 atom stereocenters. The van der Waals surface area contributed by atoms with Crippen molar-refractivity contribution in [3.8, 4) is 0 Å². The van der Waals surface area contributed by atoms with E-state index in [9.17, 15) is 4.79 Å². The molecule has 88 valence electrons. The predicted octanol–water partition coefficient (Wildman–Crippen LogP) is 1.71. The normalized spacial score (nSPS) is 10.2. The topological polar surface area (TPSA) is 72.1 Å². The summed E-state index contributed by atoms with van der Waals surface area (Å²) >= 11 is 1.09. The van der Waals surface area contributed by atoms with E-state index in [1.807, 2.05) is 12.1 Å². The fourth-order valence-electron chi connectivity index (χ4n) is 1.48. The van der Waals surface area contributed by atoms with E-state index < -0.39 is 0 Å². The smallest absolute Gasteiger partial charge is 0.271 e. The molecule has 5 nitrogen and oxygen atoms in total. The number of hydrogen-bond donors (Lipinski definition) is 1. The van der Waals surface area contributed by atoms with Gasteiger partial charge in [-0.15, -0.1) is 5.10 Å². The summed E-state index contributed by atoms with van der Waals surface area (Å²) in [5, 5.41) is 3.83. The van der Waals surface area contributed by atoms with Gasteiger partial charge >= 0.3 is 0 Å². The quantitative estimate of drug-likeness (QED) is 0.821. The van der Waals surface area contributed by atoms with Gasteiger partial charge < -0.3 is 10.6 Å². The molecule has 1 heterocycles. The molecule has 1 aromatic carbocycles. The second kappa shape index (κ2) is 4.50. The fraction of sp³-hybridized carbons (Fsp3) is 0.182. The number of nitrogen functional groups attached to an aromatic ring is 1. The van der Waals surface area contributed by atoms with Crippen molar-refractivity contribution in [2.24, 2.45) is 0 Å². The number of benzene rings is 1. The number of aryl methyl sites for hydroxylation is 1. The van der Waals surface area contributed by atoms with E-state index in [-0.39, 0.29) is 5.91 Å². The maximum atomic E-state index is 12.2. The SMILES string of the molecule is Cc1nnsc1C(=O)N(C)c1ccccc1N. The number of carbonyl (C=O) groups excluding carboxylic acids is 1. The molecule has 0 bridgehead atoms. The molecule has 0 radical (unpaired) electrons. The summed E-state index contributed by atoms with van der Waals surface area (Å²) in [5.41, 5.74) is 7.72. The lowest BCUT2D eigenvalue weighted by Crippen LogP contribution is -2.26. The minimum Gasteiger partial charge on any atom is -0.397 e. The standard InChI is InChI=1S/C11H12N4OS/c1-7-10(17-14-13-7)11(16)15(2)9-6-4-3-5-8(9)12/h3-6H,12H2,1-2H3. The number of hydrogen-bond acceptors (Lipinski definition) is 5. The van der Waals surface area contributed by atoms with Crippen molar-refractivity contribution in [3.63, 3.8) is 0 Å². The van der Waals surface area contributed by atoms with Gasteiger partial charge in [0.1, 0.15) is 4.88 Å². The third-order valence-electron chi connectivity index (χ3n) is 2.45. The van der Waals surface area contributed by atoms with Gasteiger partial charge in [-0.3, -0.25) is 4.79 Å². The molecule has 0 saturated heterocycles. The van der Waals surface area contributed by atoms with Crippen molar-refractivity contribution in [2.45, 2.75) is 6.92 Å². The molecule has 1 amide bonds. The van der Waals surface area contributed by atoms with Crippen LogP contribution in [0.15, 0.2) is 24.3 Å². The summed E-state index contributed by atoms with van der Waals surface area (Å²) in [5.74, 6) is -0.143. The average Bonchev–Trinajstić information content (AvgIpc) is 2.74. The molecule has 6 heteroatoms. The number of aromatic nitrogens is 2. The Bertz CT molecular complexity index is 552. The highest BCUT2D eigenvalue weighted by atomic mass is 32.1. The summed E-state index contributed by atoms with van der Waals surface area (Å²) in [6.07, 6.45) is 0. The number of anilines is 2. The number of carbonyl (C=O) groups is 1. The summed E-state index contributed by atoms with van der Waals surface area (Å²) in [4.78, 5) is 14.2. The van der Waals surface area contributed by atoms with Crippen LogP contribution in [0, 0.1) is 6.92 Å². The number of nitrogens with zero attached hydrogens (tertiary/aromatic N) is 3. The van der Waals surface area contributed by atoms with Gasteiger partial charge in [0.25, 0.3) is 5.91 Å². The third-order valence-corrected chi connectivity index (χ3v) is 3.26. The predicted molar refractivity (Wildman–Crippen MR) is 68.2 cm³/mol. The van der Waals surface area contributed by atoms with E-state index >= 15 is 0 Å². The number of rotatable bonds is 2. The Labute approximate surface area is 103 Å². The Morgan fingerprint density at radius 3 is 2.71 bits per heavy atom. The first-order chi connectivity index (χ1) is 8.11. The molecular formula is C11H12N4OS. The van der Waals surface area contributed by atoms with E-state index in [0.717, 1.165) is 11.5 Å². The van der Waals surface area contributed by atoms with Crippen LogP contribution in [0.5, 0.6) is 0 Å². The van der Waals surface area contributed by atoms with Gasteiger partial charge in [0.15, 0.2) is 0 Å². The molecule has 0 aliphatic rings. The molecule has 1 aromatic heterocycles. The highest BCUT2D eigenvalue weighted by Gasteiger charge is 2.19. The number of para-hydroxylation sites is 2. The second-order valence-corrected chi connectivity index (χ2v) is 4.36. The van der Waals surface area contributed by atoms with E-state index in [4.69, 9.17) is 5.73 Å². The van der Waals surface area contributed by atoms with Crippen LogP contribution < -0.4 is 10.6 Å². The lowest BCUT2D eigenvalue weighted by atomic mass is 10.2. The van der Waals surface area contributed by atoms with Crippen molar-refractivity contribution in [3.05, 3.63) is 34.8 Å². The zero-order chi connectivity index (χ0) is 12.4. The number of amides is 1. The molecule has 2 N–H and O–H groups in total. The van der Waals surface area contributed by atoms with Gasteiger partial charge in [0, 0.05) is 7.05 Å². The first-order valence-corrected chi connectivity index (χ1v) is 5.80. The molecule has 2 rings (SSSR count). The molecule has 17 heavy (non-hydrogen) atoms.